The van der Waals surface area contributed by atoms with Crippen LogP contribution in [-0.4, -0.2) is 25.0 Å². The van der Waals surface area contributed by atoms with Gasteiger partial charge in [-0.2, -0.15) is 0 Å². The van der Waals surface area contributed by atoms with Crippen LogP contribution >= 0.6 is 0 Å². The molecule has 1 aromatic carbocycles. The molecule has 0 aromatic heterocycles. The van der Waals surface area contributed by atoms with Crippen molar-refractivity contribution in [3.05, 3.63) is 35.6 Å². The number of carbonyl (C=O) groups excluding carboxylic acids is 1. The van der Waals surface area contributed by atoms with Crippen LogP contribution in [0.1, 0.15) is 55.3 Å². The van der Waals surface area contributed by atoms with Gasteiger partial charge in [-0.25, -0.2) is 4.39 Å². The number of benzene rings is 1. The van der Waals surface area contributed by atoms with E-state index in [2.05, 4.69) is 10.6 Å². The van der Waals surface area contributed by atoms with Gasteiger partial charge in [-0.3, -0.25) is 4.79 Å². The molecular weight excluding hydrogens is 267 g/mol. The van der Waals surface area contributed by atoms with E-state index in [9.17, 15) is 9.18 Å². The minimum Gasteiger partial charge on any atom is -0.352 e. The van der Waals surface area contributed by atoms with Gasteiger partial charge in [0.25, 0.3) is 5.91 Å². The van der Waals surface area contributed by atoms with Crippen molar-refractivity contribution in [2.24, 2.45) is 0 Å². The summed E-state index contributed by atoms with van der Waals surface area (Å²) in [6.45, 7) is 1.48. The highest BCUT2D eigenvalue weighted by Crippen LogP contribution is 2.16. The largest absolute Gasteiger partial charge is 0.352 e. The zero-order chi connectivity index (χ0) is 14.9. The highest BCUT2D eigenvalue weighted by Gasteiger charge is 2.12. The van der Waals surface area contributed by atoms with Crippen molar-refractivity contribution in [1.82, 2.24) is 10.6 Å². The normalized spacial score (nSPS) is 16.4. The van der Waals surface area contributed by atoms with Gasteiger partial charge in [0, 0.05) is 12.6 Å². The molecule has 1 aliphatic rings. The van der Waals surface area contributed by atoms with E-state index in [1.54, 1.807) is 12.1 Å². The average molecular weight is 292 g/mol. The number of nitrogens with one attached hydrogen (secondary N) is 2. The van der Waals surface area contributed by atoms with E-state index in [1.165, 1.54) is 50.7 Å². The molecule has 1 fully saturated rings. The van der Waals surface area contributed by atoms with Crippen molar-refractivity contribution in [3.8, 4) is 0 Å². The summed E-state index contributed by atoms with van der Waals surface area (Å²) < 4.78 is 13.4. The maximum Gasteiger partial charge on any atom is 0.254 e. The molecule has 0 radical (unpaired) electrons. The zero-order valence-corrected chi connectivity index (χ0v) is 12.5. The molecule has 0 spiro atoms. The third-order valence-corrected chi connectivity index (χ3v) is 4.05. The van der Waals surface area contributed by atoms with E-state index < -0.39 is 5.82 Å². The van der Waals surface area contributed by atoms with Gasteiger partial charge < -0.3 is 10.6 Å². The van der Waals surface area contributed by atoms with Crippen molar-refractivity contribution >= 4 is 5.91 Å². The minimum atomic E-state index is -0.466. The lowest BCUT2D eigenvalue weighted by Gasteiger charge is -2.16. The molecule has 2 rings (SSSR count). The van der Waals surface area contributed by atoms with Crippen LogP contribution in [0.2, 0.25) is 0 Å². The Bertz CT molecular complexity index is 442. The average Bonchev–Trinajstić information content (AvgIpc) is 2.76. The fourth-order valence-electron chi connectivity index (χ4n) is 2.82. The summed E-state index contributed by atoms with van der Waals surface area (Å²) in [6, 6.07) is 6.71. The summed E-state index contributed by atoms with van der Waals surface area (Å²) in [6.07, 6.45) is 8.76. The Morgan fingerprint density at radius 2 is 1.81 bits per heavy atom. The van der Waals surface area contributed by atoms with E-state index in [0.29, 0.717) is 12.6 Å². The number of halogens is 1. The molecule has 3 nitrogen and oxygen atoms in total. The molecule has 0 bridgehead atoms. The monoisotopic (exact) mass is 292 g/mol. The van der Waals surface area contributed by atoms with Gasteiger partial charge >= 0.3 is 0 Å². The Morgan fingerprint density at radius 1 is 1.10 bits per heavy atom. The quantitative estimate of drug-likeness (QED) is 0.624. The maximum atomic E-state index is 13.4. The smallest absolute Gasteiger partial charge is 0.254 e. The fourth-order valence-corrected chi connectivity index (χ4v) is 2.82. The van der Waals surface area contributed by atoms with Gasteiger partial charge in [0.2, 0.25) is 0 Å². The number of carbonyl (C=O) groups is 1. The standard InChI is InChI=1S/C17H25FN2O/c18-16-11-6-5-10-15(16)17(21)20-13-7-12-19-14-8-3-1-2-4-9-14/h5-6,10-11,14,19H,1-4,7-9,12-13H2,(H,20,21). The van der Waals surface area contributed by atoms with Gasteiger partial charge in [-0.05, 0) is 37.9 Å². The molecule has 0 saturated heterocycles. The van der Waals surface area contributed by atoms with Crippen LogP contribution in [0.4, 0.5) is 4.39 Å². The lowest BCUT2D eigenvalue weighted by atomic mass is 10.1. The highest BCUT2D eigenvalue weighted by atomic mass is 19.1. The van der Waals surface area contributed by atoms with E-state index >= 15 is 0 Å². The van der Waals surface area contributed by atoms with Gasteiger partial charge in [-0.1, -0.05) is 37.8 Å². The maximum absolute atomic E-state index is 13.4. The zero-order valence-electron chi connectivity index (χ0n) is 12.5. The molecule has 1 saturated carbocycles. The number of amides is 1. The molecule has 1 aromatic rings. The van der Waals surface area contributed by atoms with E-state index in [0.717, 1.165) is 13.0 Å². The number of hydrogen-bond donors (Lipinski definition) is 2. The topological polar surface area (TPSA) is 41.1 Å². The Labute approximate surface area is 126 Å². The SMILES string of the molecule is O=C(NCCCNC1CCCCCC1)c1ccccc1F. The van der Waals surface area contributed by atoms with Crippen LogP contribution < -0.4 is 10.6 Å². The van der Waals surface area contributed by atoms with Crippen LogP contribution in [0.25, 0.3) is 0 Å². The van der Waals surface area contributed by atoms with Gasteiger partial charge in [0.05, 0.1) is 5.56 Å². The second-order valence-electron chi connectivity index (χ2n) is 5.73. The van der Waals surface area contributed by atoms with Crippen LogP contribution in [0.5, 0.6) is 0 Å². The van der Waals surface area contributed by atoms with Crippen LogP contribution in [-0.2, 0) is 0 Å². The molecule has 0 aliphatic heterocycles. The summed E-state index contributed by atoms with van der Waals surface area (Å²) in [7, 11) is 0. The molecule has 4 heteroatoms. The summed E-state index contributed by atoms with van der Waals surface area (Å²) in [5, 5.41) is 6.33. The van der Waals surface area contributed by atoms with E-state index in [-0.39, 0.29) is 11.5 Å². The van der Waals surface area contributed by atoms with Crippen LogP contribution in [0.15, 0.2) is 24.3 Å². The van der Waals surface area contributed by atoms with Crippen molar-refractivity contribution < 1.29 is 9.18 Å². The summed E-state index contributed by atoms with van der Waals surface area (Å²) in [4.78, 5) is 11.8. The number of hydrogen-bond acceptors (Lipinski definition) is 2. The highest BCUT2D eigenvalue weighted by molar-refractivity contribution is 5.94. The number of rotatable bonds is 6. The second kappa shape index (κ2) is 8.78. The first-order chi connectivity index (χ1) is 10.3. The third kappa shape index (κ3) is 5.46. The summed E-state index contributed by atoms with van der Waals surface area (Å²) in [5.41, 5.74) is 0.120. The summed E-state index contributed by atoms with van der Waals surface area (Å²) >= 11 is 0. The first kappa shape index (κ1) is 16.0. The first-order valence-electron chi connectivity index (χ1n) is 8.03. The molecule has 1 amide bonds. The predicted octanol–water partition coefficient (Wildman–Crippen LogP) is 3.26. The second-order valence-corrected chi connectivity index (χ2v) is 5.73. The molecule has 0 atom stereocenters. The Morgan fingerprint density at radius 3 is 2.52 bits per heavy atom. The molecule has 21 heavy (non-hydrogen) atoms. The molecule has 0 heterocycles. The van der Waals surface area contributed by atoms with E-state index in [4.69, 9.17) is 0 Å². The molecular formula is C17H25FN2O. The fraction of sp³-hybridized carbons (Fsp3) is 0.588. The first-order valence-corrected chi connectivity index (χ1v) is 8.03. The van der Waals surface area contributed by atoms with Crippen LogP contribution in [0, 0.1) is 5.82 Å². The molecule has 1 aliphatic carbocycles. The minimum absolute atomic E-state index is 0.120. The summed E-state index contributed by atoms with van der Waals surface area (Å²) in [5.74, 6) is -0.797. The van der Waals surface area contributed by atoms with Crippen molar-refractivity contribution in [2.45, 2.75) is 51.0 Å². The predicted molar refractivity (Wildman–Crippen MR) is 82.8 cm³/mol. The van der Waals surface area contributed by atoms with Gasteiger partial charge in [0.15, 0.2) is 0 Å². The Hall–Kier alpha value is -1.42. The Balaban J connectivity index is 1.61. The van der Waals surface area contributed by atoms with Crippen molar-refractivity contribution in [2.75, 3.05) is 13.1 Å². The van der Waals surface area contributed by atoms with Crippen LogP contribution in [0.3, 0.4) is 0 Å². The lowest BCUT2D eigenvalue weighted by Crippen LogP contribution is -2.32. The molecule has 116 valence electrons. The van der Waals surface area contributed by atoms with E-state index in [1.807, 2.05) is 0 Å². The van der Waals surface area contributed by atoms with Gasteiger partial charge in [-0.15, -0.1) is 0 Å². The third-order valence-electron chi connectivity index (χ3n) is 4.05. The van der Waals surface area contributed by atoms with Gasteiger partial charge in [0.1, 0.15) is 5.82 Å². The molecule has 0 unspecified atom stereocenters. The molecule has 2 N–H and O–H groups in total. The van der Waals surface area contributed by atoms with Crippen molar-refractivity contribution in [1.29, 1.82) is 0 Å². The Kier molecular flexibility index (Phi) is 6.67. The lowest BCUT2D eigenvalue weighted by molar-refractivity contribution is 0.0949. The van der Waals surface area contributed by atoms with Crippen molar-refractivity contribution in [3.63, 3.8) is 0 Å².